The monoisotopic (exact) mass is 533 g/mol. The first-order chi connectivity index (χ1) is 18.4. The van der Waals surface area contributed by atoms with Crippen LogP contribution in [0, 0.1) is 0 Å². The molecule has 38 heavy (non-hydrogen) atoms. The molecule has 3 aromatic rings. The number of nitrogens with one attached hydrogen (secondary N) is 2. The number of hydrogen-bond donors (Lipinski definition) is 2. The smallest absolute Gasteiger partial charge is 0.408 e. The highest BCUT2D eigenvalue weighted by Gasteiger charge is 2.38. The number of amides is 2. The van der Waals surface area contributed by atoms with Crippen LogP contribution in [0.1, 0.15) is 48.4 Å². The van der Waals surface area contributed by atoms with Gasteiger partial charge in [-0.3, -0.25) is 4.79 Å². The summed E-state index contributed by atoms with van der Waals surface area (Å²) in [5.41, 5.74) is 2.71. The molecule has 0 spiro atoms. The minimum absolute atomic E-state index is 0.0233. The van der Waals surface area contributed by atoms with E-state index in [1.807, 2.05) is 78.9 Å². The van der Waals surface area contributed by atoms with E-state index in [9.17, 15) is 9.59 Å². The number of hydrogen-bond acceptors (Lipinski definition) is 4. The number of benzene rings is 3. The third-order valence-electron chi connectivity index (χ3n) is 7.56. The van der Waals surface area contributed by atoms with Gasteiger partial charge in [0.05, 0.1) is 0 Å². The van der Waals surface area contributed by atoms with Gasteiger partial charge < -0.3 is 20.3 Å². The quantitative estimate of drug-likeness (QED) is 0.359. The molecule has 1 aliphatic carbocycles. The Hall–Kier alpha value is -3.35. The highest BCUT2D eigenvalue weighted by atomic mass is 35.5. The van der Waals surface area contributed by atoms with E-state index in [1.165, 1.54) is 0 Å². The van der Waals surface area contributed by atoms with Crippen LogP contribution in [0.2, 0.25) is 5.02 Å². The Morgan fingerprint density at radius 3 is 2.18 bits per heavy atom. The summed E-state index contributed by atoms with van der Waals surface area (Å²) in [5.74, 6) is -0.235. The van der Waals surface area contributed by atoms with Crippen molar-refractivity contribution in [2.45, 2.75) is 56.3 Å². The number of halogens is 1. The zero-order valence-electron chi connectivity index (χ0n) is 22.0. The molecule has 2 N–H and O–H groups in total. The van der Waals surface area contributed by atoms with Gasteiger partial charge in [0.25, 0.3) is 0 Å². The van der Waals surface area contributed by atoms with Gasteiger partial charge in [-0.05, 0) is 69.0 Å². The summed E-state index contributed by atoms with van der Waals surface area (Å²) in [6.45, 7) is 0.135. The number of alkyl carbamates (subject to hydrolysis) is 1. The van der Waals surface area contributed by atoms with Crippen molar-refractivity contribution in [3.63, 3.8) is 0 Å². The first-order valence-electron chi connectivity index (χ1n) is 13.1. The number of carbonyl (C=O) groups excluding carboxylic acids is 2. The summed E-state index contributed by atoms with van der Waals surface area (Å²) in [5, 5.41) is 6.76. The van der Waals surface area contributed by atoms with Crippen LogP contribution in [0.5, 0.6) is 0 Å². The fourth-order valence-electron chi connectivity index (χ4n) is 5.19. The van der Waals surface area contributed by atoms with Crippen LogP contribution < -0.4 is 10.6 Å². The van der Waals surface area contributed by atoms with E-state index in [2.05, 4.69) is 35.7 Å². The van der Waals surface area contributed by atoms with Crippen LogP contribution in [0.25, 0.3) is 0 Å². The molecule has 0 radical (unpaired) electrons. The average Bonchev–Trinajstić information content (AvgIpc) is 2.94. The number of rotatable bonds is 9. The molecule has 2 amide bonds. The van der Waals surface area contributed by atoms with E-state index in [4.69, 9.17) is 16.3 Å². The second kappa shape index (κ2) is 12.9. The van der Waals surface area contributed by atoms with Crippen LogP contribution in [0.4, 0.5) is 4.79 Å². The van der Waals surface area contributed by atoms with Crippen molar-refractivity contribution in [2.75, 3.05) is 14.1 Å². The molecule has 3 aromatic carbocycles. The Morgan fingerprint density at radius 2 is 1.55 bits per heavy atom. The lowest BCUT2D eigenvalue weighted by atomic mass is 9.74. The molecule has 0 heterocycles. The number of likely N-dealkylation sites (N-methyl/N-ethyl adjacent to an activating group) is 1. The van der Waals surface area contributed by atoms with Gasteiger partial charge in [0.2, 0.25) is 5.91 Å². The van der Waals surface area contributed by atoms with Gasteiger partial charge in [-0.25, -0.2) is 4.79 Å². The normalized spacial score (nSPS) is 19.9. The van der Waals surface area contributed by atoms with Gasteiger partial charge in [0.15, 0.2) is 0 Å². The van der Waals surface area contributed by atoms with E-state index >= 15 is 0 Å². The van der Waals surface area contributed by atoms with Crippen LogP contribution in [-0.4, -0.2) is 42.6 Å². The maximum atomic E-state index is 13.4. The lowest BCUT2D eigenvalue weighted by molar-refractivity contribution is -0.124. The van der Waals surface area contributed by atoms with Gasteiger partial charge in [-0.2, -0.15) is 0 Å². The van der Waals surface area contributed by atoms with E-state index in [1.54, 1.807) is 0 Å². The molecule has 0 bridgehead atoms. The number of ether oxygens (including phenoxy) is 1. The molecule has 1 unspecified atom stereocenters. The van der Waals surface area contributed by atoms with Gasteiger partial charge in [0, 0.05) is 16.6 Å². The summed E-state index contributed by atoms with van der Waals surface area (Å²) in [4.78, 5) is 28.4. The van der Waals surface area contributed by atoms with Crippen molar-refractivity contribution < 1.29 is 14.3 Å². The molecule has 1 fully saturated rings. The van der Waals surface area contributed by atoms with Crippen molar-refractivity contribution in [3.05, 3.63) is 107 Å². The van der Waals surface area contributed by atoms with E-state index < -0.39 is 12.1 Å². The van der Waals surface area contributed by atoms with Crippen LogP contribution in [-0.2, 0) is 22.6 Å². The van der Waals surface area contributed by atoms with Gasteiger partial charge in [-0.15, -0.1) is 0 Å². The van der Waals surface area contributed by atoms with Crippen LogP contribution in [0.15, 0.2) is 84.9 Å². The second-order valence-corrected chi connectivity index (χ2v) is 10.6. The Morgan fingerprint density at radius 1 is 0.947 bits per heavy atom. The van der Waals surface area contributed by atoms with Gasteiger partial charge in [-0.1, -0.05) is 90.5 Å². The van der Waals surface area contributed by atoms with Crippen molar-refractivity contribution in [1.82, 2.24) is 15.5 Å². The Labute approximate surface area is 230 Å². The maximum Gasteiger partial charge on any atom is 0.408 e. The molecule has 0 saturated heterocycles. The molecule has 0 aliphatic heterocycles. The predicted octanol–water partition coefficient (Wildman–Crippen LogP) is 5.91. The maximum absolute atomic E-state index is 13.4. The molecule has 7 heteroatoms. The Balaban J connectivity index is 1.38. The zero-order chi connectivity index (χ0) is 27.0. The van der Waals surface area contributed by atoms with Crippen LogP contribution in [0.3, 0.4) is 0 Å². The zero-order valence-corrected chi connectivity index (χ0v) is 22.8. The minimum Gasteiger partial charge on any atom is -0.445 e. The molecule has 1 saturated carbocycles. The lowest BCUT2D eigenvalue weighted by Crippen LogP contribution is -2.53. The fraction of sp³-hybridized carbons (Fsp3) is 0.355. The standard InChI is InChI=1S/C31H36ClN3O3/c1-35(2)31(21-25-15-9-10-16-27(25)32)19-17-26(18-20-31)33-29(36)28(24-13-7-4-8-14-24)34-30(37)38-22-23-11-5-3-6-12-23/h3-16,26,28H,17-22H2,1-2H3,(H,33,36)(H,34,37). The molecule has 1 atom stereocenters. The number of nitrogens with zero attached hydrogens (tertiary/aromatic N) is 1. The molecule has 200 valence electrons. The molecular weight excluding hydrogens is 498 g/mol. The molecule has 1 aliphatic rings. The van der Waals surface area contributed by atoms with Gasteiger partial charge >= 0.3 is 6.09 Å². The van der Waals surface area contributed by atoms with Crippen molar-refractivity contribution in [2.24, 2.45) is 0 Å². The van der Waals surface area contributed by atoms with E-state index in [0.29, 0.717) is 5.56 Å². The fourth-order valence-corrected chi connectivity index (χ4v) is 5.39. The van der Waals surface area contributed by atoms with Crippen molar-refractivity contribution in [1.29, 1.82) is 0 Å². The molecule has 6 nitrogen and oxygen atoms in total. The Bertz CT molecular complexity index is 1200. The third kappa shape index (κ3) is 7.15. The first kappa shape index (κ1) is 27.7. The average molecular weight is 534 g/mol. The summed E-state index contributed by atoms with van der Waals surface area (Å²) in [6.07, 6.45) is 3.77. The van der Waals surface area contributed by atoms with E-state index in [-0.39, 0.29) is 24.1 Å². The molecule has 0 aromatic heterocycles. The molecular formula is C31H36ClN3O3. The number of carbonyl (C=O) groups is 2. The SMILES string of the molecule is CN(C)C1(Cc2ccccc2Cl)CCC(NC(=O)C(NC(=O)OCc2ccccc2)c2ccccc2)CC1. The van der Waals surface area contributed by atoms with Crippen molar-refractivity contribution in [3.8, 4) is 0 Å². The minimum atomic E-state index is -0.844. The van der Waals surface area contributed by atoms with Gasteiger partial charge in [0.1, 0.15) is 12.6 Å². The second-order valence-electron chi connectivity index (χ2n) is 10.2. The summed E-state index contributed by atoms with van der Waals surface area (Å²) < 4.78 is 5.39. The summed E-state index contributed by atoms with van der Waals surface area (Å²) >= 11 is 6.48. The summed E-state index contributed by atoms with van der Waals surface area (Å²) in [7, 11) is 4.23. The van der Waals surface area contributed by atoms with Crippen LogP contribution >= 0.6 is 11.6 Å². The topological polar surface area (TPSA) is 70.7 Å². The van der Waals surface area contributed by atoms with Crippen molar-refractivity contribution >= 4 is 23.6 Å². The van der Waals surface area contributed by atoms with E-state index in [0.717, 1.165) is 48.3 Å². The highest BCUT2D eigenvalue weighted by molar-refractivity contribution is 6.31. The highest BCUT2D eigenvalue weighted by Crippen LogP contribution is 2.37. The largest absolute Gasteiger partial charge is 0.445 e. The first-order valence-corrected chi connectivity index (χ1v) is 13.5. The Kier molecular flexibility index (Phi) is 9.43. The third-order valence-corrected chi connectivity index (χ3v) is 7.93. The molecule has 4 rings (SSSR count). The lowest BCUT2D eigenvalue weighted by Gasteiger charge is -2.45. The predicted molar refractivity (Wildman–Crippen MR) is 151 cm³/mol. The summed E-state index contributed by atoms with van der Waals surface area (Å²) in [6, 6.07) is 25.9.